The first-order chi connectivity index (χ1) is 10.1. The van der Waals surface area contributed by atoms with Gasteiger partial charge in [0.2, 0.25) is 5.78 Å². The molecule has 1 spiro atoms. The zero-order chi connectivity index (χ0) is 14.8. The highest BCUT2D eigenvalue weighted by molar-refractivity contribution is 6.28. The number of carbonyl (C=O) groups excluding carboxylic acids is 2. The molecule has 2 fully saturated rings. The fraction of sp³-hybridized carbons (Fsp3) is 0.429. The van der Waals surface area contributed by atoms with E-state index in [2.05, 4.69) is 0 Å². The summed E-state index contributed by atoms with van der Waals surface area (Å²) in [6.45, 7) is 0.891. The van der Waals surface area contributed by atoms with Crippen LogP contribution >= 0.6 is 0 Å². The number of benzene rings is 1. The number of ether oxygens (including phenoxy) is 1. The van der Waals surface area contributed by atoms with E-state index in [1.54, 1.807) is 11.0 Å². The van der Waals surface area contributed by atoms with Gasteiger partial charge in [0.15, 0.2) is 11.3 Å². The summed E-state index contributed by atoms with van der Waals surface area (Å²) in [5, 5.41) is 10.9. The van der Waals surface area contributed by atoms with Gasteiger partial charge in [-0.1, -0.05) is 0 Å². The van der Waals surface area contributed by atoms with Crippen LogP contribution in [0.2, 0.25) is 0 Å². The second kappa shape index (κ2) is 3.88. The van der Waals surface area contributed by atoms with E-state index >= 15 is 0 Å². The van der Waals surface area contributed by atoms with Crippen molar-refractivity contribution in [3.05, 3.63) is 33.9 Å². The minimum Gasteiger partial charge on any atom is -0.373 e. The van der Waals surface area contributed by atoms with E-state index in [1.165, 1.54) is 12.1 Å². The third kappa shape index (κ3) is 1.31. The maximum absolute atomic E-state index is 12.9. The zero-order valence-electron chi connectivity index (χ0n) is 11.1. The first-order valence-corrected chi connectivity index (χ1v) is 6.82. The molecular weight excluding hydrogens is 276 g/mol. The zero-order valence-corrected chi connectivity index (χ0v) is 11.1. The van der Waals surface area contributed by atoms with E-state index in [-0.39, 0.29) is 22.8 Å². The summed E-state index contributed by atoms with van der Waals surface area (Å²) in [5.74, 6) is -0.496. The molecule has 7 heteroatoms. The summed E-state index contributed by atoms with van der Waals surface area (Å²) >= 11 is 0. The summed E-state index contributed by atoms with van der Waals surface area (Å²) in [6, 6.07) is 4.20. The second-order valence-electron chi connectivity index (χ2n) is 5.53. The number of nitrogens with zero attached hydrogens (tertiary/aromatic N) is 2. The number of Topliss-reactive ketones (excluding diaryl/α,β-unsaturated/α-hetero) is 2. The Hall–Kier alpha value is -2.28. The van der Waals surface area contributed by atoms with Crippen molar-refractivity contribution in [2.75, 3.05) is 18.1 Å². The van der Waals surface area contributed by atoms with Crippen LogP contribution in [0.5, 0.6) is 0 Å². The molecule has 2 atom stereocenters. The first-order valence-electron chi connectivity index (χ1n) is 6.82. The number of hydrogen-bond donors (Lipinski definition) is 0. The second-order valence-corrected chi connectivity index (χ2v) is 5.53. The molecule has 0 N–H and O–H groups in total. The number of nitro groups is 1. The minimum absolute atomic E-state index is 0.138. The van der Waals surface area contributed by atoms with Crippen molar-refractivity contribution in [2.24, 2.45) is 0 Å². The Morgan fingerprint density at radius 1 is 1.38 bits per heavy atom. The third-order valence-electron chi connectivity index (χ3n) is 4.66. The molecule has 1 aliphatic carbocycles. The van der Waals surface area contributed by atoms with Gasteiger partial charge in [-0.25, -0.2) is 0 Å². The highest BCUT2D eigenvalue weighted by atomic mass is 16.6. The topological polar surface area (TPSA) is 89.8 Å². The number of fused-ring (bicyclic) bond motifs is 2. The average molecular weight is 288 g/mol. The number of hydrogen-bond acceptors (Lipinski definition) is 6. The lowest BCUT2D eigenvalue weighted by Gasteiger charge is -2.42. The van der Waals surface area contributed by atoms with Gasteiger partial charge < -0.3 is 9.64 Å². The Kier molecular flexibility index (Phi) is 2.30. The van der Waals surface area contributed by atoms with Crippen LogP contribution < -0.4 is 4.90 Å². The number of morpholine rings is 1. The maximum atomic E-state index is 12.9. The van der Waals surface area contributed by atoms with Gasteiger partial charge in [0.1, 0.15) is 0 Å². The number of ketones is 2. The Morgan fingerprint density at radius 2 is 2.19 bits per heavy atom. The molecule has 2 heterocycles. The van der Waals surface area contributed by atoms with Crippen LogP contribution in [0, 0.1) is 10.1 Å². The van der Waals surface area contributed by atoms with Crippen molar-refractivity contribution in [1.29, 1.82) is 0 Å². The van der Waals surface area contributed by atoms with Crippen molar-refractivity contribution in [2.45, 2.75) is 24.5 Å². The van der Waals surface area contributed by atoms with E-state index in [4.69, 9.17) is 4.74 Å². The van der Waals surface area contributed by atoms with Crippen LogP contribution in [0.1, 0.15) is 23.2 Å². The number of nitro benzene ring substituents is 1. The highest BCUT2D eigenvalue weighted by Crippen LogP contribution is 2.49. The molecule has 3 aliphatic rings. The number of carbonyl (C=O) groups is 2. The molecule has 4 rings (SSSR count). The van der Waals surface area contributed by atoms with Crippen molar-refractivity contribution < 1.29 is 19.2 Å². The van der Waals surface area contributed by atoms with E-state index in [0.29, 0.717) is 31.7 Å². The van der Waals surface area contributed by atoms with E-state index < -0.39 is 16.6 Å². The monoisotopic (exact) mass is 288 g/mol. The summed E-state index contributed by atoms with van der Waals surface area (Å²) < 4.78 is 5.64. The van der Waals surface area contributed by atoms with Gasteiger partial charge in [-0.3, -0.25) is 19.7 Å². The standard InChI is InChI=1S/C14H12N2O5/c17-11-3-4-12-14(11)13(18)9-7-8(16(19)20)1-2-10(9)15(14)5-6-21-12/h1-2,7,12H,3-6H2/t12-,14+/m1/s1. The van der Waals surface area contributed by atoms with E-state index in [1.807, 2.05) is 0 Å². The quantitative estimate of drug-likeness (QED) is 0.436. The van der Waals surface area contributed by atoms with Gasteiger partial charge in [0.05, 0.1) is 23.2 Å². The summed E-state index contributed by atoms with van der Waals surface area (Å²) in [6.07, 6.45) is 0.387. The predicted octanol–water partition coefficient (Wildman–Crippen LogP) is 1.10. The molecule has 0 aromatic heterocycles. The van der Waals surface area contributed by atoms with Crippen molar-refractivity contribution in [3.63, 3.8) is 0 Å². The molecule has 0 amide bonds. The normalized spacial score (nSPS) is 30.1. The third-order valence-corrected chi connectivity index (χ3v) is 4.66. The molecule has 1 aromatic rings. The number of non-ortho nitro benzene ring substituents is 1. The molecule has 0 unspecified atom stereocenters. The molecule has 1 aromatic carbocycles. The summed E-state index contributed by atoms with van der Waals surface area (Å²) in [7, 11) is 0. The molecule has 1 saturated heterocycles. The van der Waals surface area contributed by atoms with Crippen molar-refractivity contribution in [3.8, 4) is 0 Å². The van der Waals surface area contributed by atoms with Crippen LogP contribution in [-0.2, 0) is 9.53 Å². The van der Waals surface area contributed by atoms with Gasteiger partial charge in [-0.05, 0) is 12.5 Å². The first kappa shape index (κ1) is 12.5. The largest absolute Gasteiger partial charge is 0.373 e. The summed E-state index contributed by atoms with van der Waals surface area (Å²) in [4.78, 5) is 37.4. The van der Waals surface area contributed by atoms with Crippen molar-refractivity contribution in [1.82, 2.24) is 0 Å². The highest BCUT2D eigenvalue weighted by Gasteiger charge is 2.65. The van der Waals surface area contributed by atoms with Gasteiger partial charge in [-0.2, -0.15) is 0 Å². The SMILES string of the molecule is O=C1CC[C@H]2OCCN3c4ccc([N+](=O)[O-])cc4C(=O)[C@]123. The van der Waals surface area contributed by atoms with Gasteiger partial charge in [0.25, 0.3) is 5.69 Å². The smallest absolute Gasteiger partial charge is 0.270 e. The van der Waals surface area contributed by atoms with Crippen molar-refractivity contribution >= 4 is 22.9 Å². The van der Waals surface area contributed by atoms with Crippen LogP contribution in [0.25, 0.3) is 0 Å². The fourth-order valence-electron chi connectivity index (χ4n) is 3.80. The molecule has 7 nitrogen and oxygen atoms in total. The predicted molar refractivity (Wildman–Crippen MR) is 71.5 cm³/mol. The van der Waals surface area contributed by atoms with Crippen LogP contribution in [0.4, 0.5) is 11.4 Å². The van der Waals surface area contributed by atoms with Gasteiger partial charge in [0, 0.05) is 30.8 Å². The van der Waals surface area contributed by atoms with Gasteiger partial charge in [-0.15, -0.1) is 0 Å². The Bertz CT molecular complexity index is 701. The molecule has 0 radical (unpaired) electrons. The molecule has 2 aliphatic heterocycles. The Morgan fingerprint density at radius 3 is 2.95 bits per heavy atom. The number of rotatable bonds is 1. The van der Waals surface area contributed by atoms with Crippen LogP contribution in [0.15, 0.2) is 18.2 Å². The van der Waals surface area contributed by atoms with Crippen LogP contribution in [0.3, 0.4) is 0 Å². The Labute approximate surface area is 119 Å². The van der Waals surface area contributed by atoms with E-state index in [0.717, 1.165) is 0 Å². The lowest BCUT2D eigenvalue weighted by molar-refractivity contribution is -0.384. The summed E-state index contributed by atoms with van der Waals surface area (Å²) in [5.41, 5.74) is -0.555. The lowest BCUT2D eigenvalue weighted by atomic mass is 9.86. The molecule has 108 valence electrons. The Balaban J connectivity index is 1.93. The average Bonchev–Trinajstić information content (AvgIpc) is 2.96. The molecule has 1 saturated carbocycles. The lowest BCUT2D eigenvalue weighted by Crippen LogP contribution is -2.64. The fourth-order valence-corrected chi connectivity index (χ4v) is 3.80. The van der Waals surface area contributed by atoms with Gasteiger partial charge >= 0.3 is 0 Å². The minimum atomic E-state index is -1.28. The molecule has 21 heavy (non-hydrogen) atoms. The maximum Gasteiger partial charge on any atom is 0.270 e. The molecular formula is C14H12N2O5. The number of anilines is 1. The van der Waals surface area contributed by atoms with E-state index in [9.17, 15) is 19.7 Å². The van der Waals surface area contributed by atoms with Crippen LogP contribution in [-0.4, -0.2) is 41.3 Å². The molecule has 0 bridgehead atoms.